The van der Waals surface area contributed by atoms with Gasteiger partial charge in [0.05, 0.1) is 11.5 Å². The minimum absolute atomic E-state index is 0. The first-order chi connectivity index (χ1) is 8.15. The van der Waals surface area contributed by atoms with E-state index in [1.165, 1.54) is 11.8 Å². The Balaban J connectivity index is 0.00000289. The van der Waals surface area contributed by atoms with Crippen molar-refractivity contribution in [1.82, 2.24) is 10.2 Å². The van der Waals surface area contributed by atoms with Gasteiger partial charge in [-0.25, -0.2) is 0 Å². The molecule has 1 aliphatic rings. The Hall–Kier alpha value is -0.460. The van der Waals surface area contributed by atoms with E-state index in [1.54, 1.807) is 0 Å². The normalized spacial score (nSPS) is 18.2. The number of amides is 2. The Kier molecular flexibility index (Phi) is 9.23. The summed E-state index contributed by atoms with van der Waals surface area (Å²) in [6, 6.07) is 0.316. The first kappa shape index (κ1) is 17.5. The number of hydrogen-bond donors (Lipinski definition) is 2. The predicted molar refractivity (Wildman–Crippen MR) is 77.0 cm³/mol. The van der Waals surface area contributed by atoms with E-state index >= 15 is 0 Å². The zero-order valence-electron chi connectivity index (χ0n) is 10.7. The van der Waals surface area contributed by atoms with Crippen molar-refractivity contribution >= 4 is 36.0 Å². The Morgan fingerprint density at radius 3 is 2.67 bits per heavy atom. The molecule has 1 fully saturated rings. The summed E-state index contributed by atoms with van der Waals surface area (Å²) in [6.45, 7) is 4.72. The molecule has 2 amide bonds. The third-order valence-corrected chi connectivity index (χ3v) is 3.67. The quantitative estimate of drug-likeness (QED) is 0.705. The van der Waals surface area contributed by atoms with Gasteiger partial charge < -0.3 is 16.0 Å². The highest BCUT2D eigenvalue weighted by Gasteiger charge is 2.25. The van der Waals surface area contributed by atoms with Gasteiger partial charge in [-0.2, -0.15) is 0 Å². The molecular weight excluding hydrogens is 274 g/mol. The summed E-state index contributed by atoms with van der Waals surface area (Å²) in [6.07, 6.45) is 1.98. The number of carbonyl (C=O) groups excluding carboxylic acids is 2. The maximum atomic E-state index is 12.0. The maximum absolute atomic E-state index is 12.0. The van der Waals surface area contributed by atoms with Crippen molar-refractivity contribution in [3.63, 3.8) is 0 Å². The molecule has 0 bridgehead atoms. The van der Waals surface area contributed by atoms with Crippen LogP contribution in [0.2, 0.25) is 0 Å². The van der Waals surface area contributed by atoms with E-state index in [4.69, 9.17) is 5.73 Å². The molecular formula is C11H22ClN3O2S. The number of nitrogens with zero attached hydrogens (tertiary/aromatic N) is 1. The Morgan fingerprint density at radius 2 is 2.17 bits per heavy atom. The average molecular weight is 296 g/mol. The van der Waals surface area contributed by atoms with Gasteiger partial charge in [0.2, 0.25) is 11.8 Å². The van der Waals surface area contributed by atoms with Crippen LogP contribution >= 0.6 is 24.2 Å². The molecule has 1 unspecified atom stereocenters. The summed E-state index contributed by atoms with van der Waals surface area (Å²) < 4.78 is 0. The van der Waals surface area contributed by atoms with E-state index in [0.717, 1.165) is 32.5 Å². The second-order valence-corrected chi connectivity index (χ2v) is 5.18. The lowest BCUT2D eigenvalue weighted by Crippen LogP contribution is -2.43. The van der Waals surface area contributed by atoms with Crippen molar-refractivity contribution in [3.8, 4) is 0 Å². The summed E-state index contributed by atoms with van der Waals surface area (Å²) in [5.74, 6) is 0.313. The summed E-state index contributed by atoms with van der Waals surface area (Å²) in [4.78, 5) is 24.6. The highest BCUT2D eigenvalue weighted by atomic mass is 35.5. The zero-order chi connectivity index (χ0) is 12.7. The molecule has 0 aromatic rings. The minimum Gasteiger partial charge on any atom is -0.369 e. The van der Waals surface area contributed by atoms with Gasteiger partial charge in [-0.05, 0) is 19.4 Å². The first-order valence-corrected chi connectivity index (χ1v) is 7.16. The van der Waals surface area contributed by atoms with Gasteiger partial charge in [-0.15, -0.1) is 24.2 Å². The summed E-state index contributed by atoms with van der Waals surface area (Å²) in [5, 5.41) is 3.27. The van der Waals surface area contributed by atoms with Crippen LogP contribution in [0.4, 0.5) is 0 Å². The molecule has 1 aliphatic heterocycles. The monoisotopic (exact) mass is 295 g/mol. The Morgan fingerprint density at radius 1 is 1.44 bits per heavy atom. The van der Waals surface area contributed by atoms with Crippen molar-refractivity contribution in [2.24, 2.45) is 5.73 Å². The van der Waals surface area contributed by atoms with Crippen molar-refractivity contribution in [3.05, 3.63) is 0 Å². The topological polar surface area (TPSA) is 75.4 Å². The number of nitrogens with one attached hydrogen (secondary N) is 1. The third kappa shape index (κ3) is 5.93. The maximum Gasteiger partial charge on any atom is 0.232 e. The highest BCUT2D eigenvalue weighted by Crippen LogP contribution is 2.12. The molecule has 1 saturated heterocycles. The molecule has 7 heteroatoms. The van der Waals surface area contributed by atoms with Crippen LogP contribution in [0.15, 0.2) is 0 Å². The molecule has 106 valence electrons. The highest BCUT2D eigenvalue weighted by molar-refractivity contribution is 8.00. The number of primary amides is 1. The standard InChI is InChI=1S/C11H21N3O2S.ClH/c1-2-5-14(9-3-4-13-6-9)11(16)8-17-7-10(12)15;/h9,13H,2-8H2,1H3,(H2,12,15);1H. The SMILES string of the molecule is CCCN(C(=O)CSCC(N)=O)C1CCNC1.Cl. The van der Waals surface area contributed by atoms with Gasteiger partial charge in [0.15, 0.2) is 0 Å². The number of rotatable bonds is 7. The lowest BCUT2D eigenvalue weighted by atomic mass is 10.2. The second kappa shape index (κ2) is 9.47. The molecule has 0 aliphatic carbocycles. The molecule has 3 N–H and O–H groups in total. The fourth-order valence-electron chi connectivity index (χ4n) is 1.98. The summed E-state index contributed by atoms with van der Waals surface area (Å²) in [5.41, 5.74) is 5.04. The molecule has 0 radical (unpaired) electrons. The van der Waals surface area contributed by atoms with Crippen molar-refractivity contribution in [2.45, 2.75) is 25.8 Å². The third-order valence-electron chi connectivity index (χ3n) is 2.73. The van der Waals surface area contributed by atoms with Crippen LogP contribution in [-0.4, -0.2) is 53.9 Å². The van der Waals surface area contributed by atoms with E-state index in [2.05, 4.69) is 12.2 Å². The molecule has 1 heterocycles. The van der Waals surface area contributed by atoms with Gasteiger partial charge in [0, 0.05) is 19.1 Å². The van der Waals surface area contributed by atoms with E-state index in [-0.39, 0.29) is 30.0 Å². The average Bonchev–Trinajstić information content (AvgIpc) is 2.78. The first-order valence-electron chi connectivity index (χ1n) is 6.01. The Labute approximate surface area is 119 Å². The zero-order valence-corrected chi connectivity index (χ0v) is 12.3. The fourth-order valence-corrected chi connectivity index (χ4v) is 2.62. The molecule has 0 saturated carbocycles. The lowest BCUT2D eigenvalue weighted by Gasteiger charge is -2.28. The fraction of sp³-hybridized carbons (Fsp3) is 0.818. The van der Waals surface area contributed by atoms with E-state index in [0.29, 0.717) is 11.8 Å². The molecule has 18 heavy (non-hydrogen) atoms. The molecule has 0 aromatic heterocycles. The largest absolute Gasteiger partial charge is 0.369 e. The van der Waals surface area contributed by atoms with Gasteiger partial charge in [0.25, 0.3) is 0 Å². The number of hydrogen-bond acceptors (Lipinski definition) is 4. The van der Waals surface area contributed by atoms with Gasteiger partial charge in [-0.3, -0.25) is 9.59 Å². The van der Waals surface area contributed by atoms with Crippen molar-refractivity contribution in [1.29, 1.82) is 0 Å². The number of nitrogens with two attached hydrogens (primary N) is 1. The molecule has 5 nitrogen and oxygen atoms in total. The van der Waals surface area contributed by atoms with Gasteiger partial charge >= 0.3 is 0 Å². The Bertz CT molecular complexity index is 273. The van der Waals surface area contributed by atoms with Crippen LogP contribution in [0, 0.1) is 0 Å². The molecule has 1 rings (SSSR count). The number of halogens is 1. The predicted octanol–water partition coefficient (Wildman–Crippen LogP) is 0.227. The number of carbonyl (C=O) groups is 2. The second-order valence-electron chi connectivity index (χ2n) is 4.19. The minimum atomic E-state index is -0.368. The smallest absolute Gasteiger partial charge is 0.232 e. The summed E-state index contributed by atoms with van der Waals surface area (Å²) >= 11 is 1.30. The van der Waals surface area contributed by atoms with Crippen LogP contribution in [0.5, 0.6) is 0 Å². The van der Waals surface area contributed by atoms with Crippen LogP contribution in [0.1, 0.15) is 19.8 Å². The molecule has 0 aromatic carbocycles. The summed E-state index contributed by atoms with van der Waals surface area (Å²) in [7, 11) is 0. The van der Waals surface area contributed by atoms with Crippen LogP contribution in [0.25, 0.3) is 0 Å². The number of thioether (sulfide) groups is 1. The van der Waals surface area contributed by atoms with Gasteiger partial charge in [-0.1, -0.05) is 6.92 Å². The van der Waals surface area contributed by atoms with E-state index in [9.17, 15) is 9.59 Å². The van der Waals surface area contributed by atoms with Crippen LogP contribution in [0.3, 0.4) is 0 Å². The van der Waals surface area contributed by atoms with E-state index < -0.39 is 0 Å². The van der Waals surface area contributed by atoms with Gasteiger partial charge in [0.1, 0.15) is 0 Å². The van der Waals surface area contributed by atoms with Crippen LogP contribution < -0.4 is 11.1 Å². The van der Waals surface area contributed by atoms with E-state index in [1.807, 2.05) is 4.90 Å². The van der Waals surface area contributed by atoms with Crippen molar-refractivity contribution in [2.75, 3.05) is 31.1 Å². The van der Waals surface area contributed by atoms with Crippen molar-refractivity contribution < 1.29 is 9.59 Å². The molecule has 1 atom stereocenters. The van der Waals surface area contributed by atoms with Crippen LogP contribution in [-0.2, 0) is 9.59 Å². The molecule has 0 spiro atoms. The lowest BCUT2D eigenvalue weighted by molar-refractivity contribution is -0.130.